The van der Waals surface area contributed by atoms with Gasteiger partial charge in [-0.25, -0.2) is 0 Å². The number of hydrogen-bond acceptors (Lipinski definition) is 3. The molecule has 102 valence electrons. The van der Waals surface area contributed by atoms with Crippen LogP contribution in [-0.4, -0.2) is 50.8 Å². The molecule has 1 heterocycles. The normalized spacial score (nSPS) is 22.9. The van der Waals surface area contributed by atoms with Gasteiger partial charge in [-0.15, -0.1) is 0 Å². The van der Waals surface area contributed by atoms with E-state index in [1.54, 1.807) is 0 Å². The molecule has 0 aliphatic carbocycles. The summed E-state index contributed by atoms with van der Waals surface area (Å²) in [5, 5.41) is 3.29. The van der Waals surface area contributed by atoms with Crippen molar-refractivity contribution in [3.8, 4) is 0 Å². The van der Waals surface area contributed by atoms with Crippen LogP contribution >= 0.6 is 0 Å². The largest absolute Gasteiger partial charge is 0.377 e. The van der Waals surface area contributed by atoms with Gasteiger partial charge in [0.1, 0.15) is 0 Å². The van der Waals surface area contributed by atoms with E-state index in [0.29, 0.717) is 11.5 Å². The third-order valence-corrected chi connectivity index (χ3v) is 3.33. The van der Waals surface area contributed by atoms with Gasteiger partial charge in [0.25, 0.3) is 0 Å². The van der Waals surface area contributed by atoms with Gasteiger partial charge in [0.2, 0.25) is 0 Å². The lowest BCUT2D eigenvalue weighted by molar-refractivity contribution is -0.00874. The lowest BCUT2D eigenvalue weighted by Crippen LogP contribution is -2.46. The minimum absolute atomic E-state index is 0.349. The fourth-order valence-electron chi connectivity index (χ4n) is 2.72. The number of hydrogen-bond donors (Lipinski definition) is 1. The van der Waals surface area contributed by atoms with E-state index >= 15 is 0 Å². The Morgan fingerprint density at radius 1 is 1.41 bits per heavy atom. The zero-order valence-electron chi connectivity index (χ0n) is 12.1. The van der Waals surface area contributed by atoms with Crippen molar-refractivity contribution in [3.05, 3.63) is 0 Å². The first-order chi connectivity index (χ1) is 8.07. The van der Waals surface area contributed by atoms with Gasteiger partial charge in [-0.1, -0.05) is 20.8 Å². The van der Waals surface area contributed by atoms with Crippen molar-refractivity contribution >= 4 is 0 Å². The van der Waals surface area contributed by atoms with Gasteiger partial charge in [0, 0.05) is 26.2 Å². The zero-order chi connectivity index (χ0) is 12.7. The summed E-state index contributed by atoms with van der Waals surface area (Å²) in [5.74, 6) is 0. The van der Waals surface area contributed by atoms with Crippen molar-refractivity contribution in [1.29, 1.82) is 0 Å². The van der Waals surface area contributed by atoms with Crippen LogP contribution in [0.4, 0.5) is 0 Å². The summed E-state index contributed by atoms with van der Waals surface area (Å²) >= 11 is 0. The molecule has 0 aromatic carbocycles. The fraction of sp³-hybridized carbons (Fsp3) is 1.00. The Morgan fingerprint density at radius 2 is 2.18 bits per heavy atom. The third kappa shape index (κ3) is 5.84. The number of rotatable bonds is 7. The third-order valence-electron chi connectivity index (χ3n) is 3.33. The first-order valence-electron chi connectivity index (χ1n) is 7.06. The minimum Gasteiger partial charge on any atom is -0.377 e. The molecule has 1 rings (SSSR count). The first-order valence-corrected chi connectivity index (χ1v) is 7.06. The van der Waals surface area contributed by atoms with E-state index in [1.165, 1.54) is 25.9 Å². The number of nitrogens with zero attached hydrogens (tertiary/aromatic N) is 1. The van der Waals surface area contributed by atoms with E-state index < -0.39 is 0 Å². The van der Waals surface area contributed by atoms with E-state index in [4.69, 9.17) is 4.74 Å². The molecule has 1 aliphatic rings. The maximum atomic E-state index is 5.88. The van der Waals surface area contributed by atoms with Crippen LogP contribution in [0.1, 0.15) is 40.0 Å². The maximum Gasteiger partial charge on any atom is 0.0702 e. The second kappa shape index (κ2) is 7.34. The van der Waals surface area contributed by atoms with Crippen molar-refractivity contribution in [3.63, 3.8) is 0 Å². The second-order valence-corrected chi connectivity index (χ2v) is 6.06. The minimum atomic E-state index is 0.349. The van der Waals surface area contributed by atoms with Crippen LogP contribution in [0.25, 0.3) is 0 Å². The summed E-state index contributed by atoms with van der Waals surface area (Å²) in [5.41, 5.74) is 0.349. The zero-order valence-corrected chi connectivity index (χ0v) is 12.1. The Bertz CT molecular complexity index is 206. The average Bonchev–Trinajstić information content (AvgIpc) is 2.26. The summed E-state index contributed by atoms with van der Waals surface area (Å²) < 4.78 is 5.88. The predicted octanol–water partition coefficient (Wildman–Crippen LogP) is 2.12. The van der Waals surface area contributed by atoms with E-state index in [2.05, 4.69) is 31.0 Å². The summed E-state index contributed by atoms with van der Waals surface area (Å²) in [7, 11) is 2.03. The molecule has 1 saturated heterocycles. The predicted molar refractivity (Wildman–Crippen MR) is 73.4 cm³/mol. The van der Waals surface area contributed by atoms with Crippen molar-refractivity contribution in [2.75, 3.05) is 39.8 Å². The highest BCUT2D eigenvalue weighted by molar-refractivity contribution is 4.80. The smallest absolute Gasteiger partial charge is 0.0702 e. The molecule has 17 heavy (non-hydrogen) atoms. The van der Waals surface area contributed by atoms with E-state index in [-0.39, 0.29) is 0 Å². The summed E-state index contributed by atoms with van der Waals surface area (Å²) in [6.07, 6.45) is 4.11. The van der Waals surface area contributed by atoms with Crippen molar-refractivity contribution in [2.24, 2.45) is 5.41 Å². The summed E-state index contributed by atoms with van der Waals surface area (Å²) in [6, 6.07) is 0. The molecule has 0 amide bonds. The summed E-state index contributed by atoms with van der Waals surface area (Å²) in [6.45, 7) is 12.4. The van der Waals surface area contributed by atoms with Gasteiger partial charge >= 0.3 is 0 Å². The molecule has 1 unspecified atom stereocenters. The first kappa shape index (κ1) is 14.9. The lowest BCUT2D eigenvalue weighted by atomic mass is 9.91. The number of ether oxygens (including phenoxy) is 1. The van der Waals surface area contributed by atoms with Crippen LogP contribution in [-0.2, 0) is 4.74 Å². The van der Waals surface area contributed by atoms with Gasteiger partial charge in [-0.05, 0) is 38.3 Å². The van der Waals surface area contributed by atoms with Crippen LogP contribution in [0.2, 0.25) is 0 Å². The van der Waals surface area contributed by atoms with Crippen LogP contribution in [0, 0.1) is 5.41 Å². The summed E-state index contributed by atoms with van der Waals surface area (Å²) in [4.78, 5) is 2.57. The van der Waals surface area contributed by atoms with Crippen molar-refractivity contribution < 1.29 is 4.74 Å². The average molecular weight is 242 g/mol. The Labute approximate surface area is 107 Å². The van der Waals surface area contributed by atoms with Crippen LogP contribution < -0.4 is 5.32 Å². The molecule has 0 radical (unpaired) electrons. The van der Waals surface area contributed by atoms with E-state index in [9.17, 15) is 0 Å². The van der Waals surface area contributed by atoms with Crippen molar-refractivity contribution in [2.45, 2.75) is 46.1 Å². The number of nitrogens with one attached hydrogen (secondary N) is 1. The molecule has 0 saturated carbocycles. The highest BCUT2D eigenvalue weighted by atomic mass is 16.5. The highest BCUT2D eigenvalue weighted by Gasteiger charge is 2.26. The quantitative estimate of drug-likeness (QED) is 0.740. The van der Waals surface area contributed by atoms with Crippen molar-refractivity contribution in [1.82, 2.24) is 10.2 Å². The Morgan fingerprint density at radius 3 is 2.82 bits per heavy atom. The Hall–Kier alpha value is -0.120. The van der Waals surface area contributed by atoms with Crippen LogP contribution in [0.3, 0.4) is 0 Å². The van der Waals surface area contributed by atoms with Gasteiger partial charge in [0.05, 0.1) is 6.10 Å². The van der Waals surface area contributed by atoms with E-state index in [1.807, 2.05) is 7.05 Å². The van der Waals surface area contributed by atoms with Gasteiger partial charge in [0.15, 0.2) is 0 Å². The van der Waals surface area contributed by atoms with Crippen LogP contribution in [0.5, 0.6) is 0 Å². The SMILES string of the molecule is CCCOC1CCCN(CC(C)(C)CNC)C1. The number of likely N-dealkylation sites (tertiary alicyclic amines) is 1. The second-order valence-electron chi connectivity index (χ2n) is 6.06. The number of piperidine rings is 1. The molecule has 1 N–H and O–H groups in total. The van der Waals surface area contributed by atoms with Gasteiger partial charge in [-0.3, -0.25) is 0 Å². The molecule has 0 bridgehead atoms. The standard InChI is InChI=1S/C14H30N2O/c1-5-9-17-13-7-6-8-16(10-13)12-14(2,3)11-15-4/h13,15H,5-12H2,1-4H3. The molecular formula is C14H30N2O. The Balaban J connectivity index is 2.33. The fourth-order valence-corrected chi connectivity index (χ4v) is 2.72. The van der Waals surface area contributed by atoms with Crippen LogP contribution in [0.15, 0.2) is 0 Å². The molecule has 1 aliphatic heterocycles. The molecular weight excluding hydrogens is 212 g/mol. The monoisotopic (exact) mass is 242 g/mol. The topological polar surface area (TPSA) is 24.5 Å². The molecule has 3 nitrogen and oxygen atoms in total. The molecule has 3 heteroatoms. The van der Waals surface area contributed by atoms with Gasteiger partial charge < -0.3 is 15.0 Å². The molecule has 1 fully saturated rings. The molecule has 0 aromatic heterocycles. The molecule has 1 atom stereocenters. The Kier molecular flexibility index (Phi) is 6.45. The molecule has 0 aromatic rings. The van der Waals surface area contributed by atoms with Gasteiger partial charge in [-0.2, -0.15) is 0 Å². The maximum absolute atomic E-state index is 5.88. The van der Waals surface area contributed by atoms with E-state index in [0.717, 1.165) is 26.1 Å². The lowest BCUT2D eigenvalue weighted by Gasteiger charge is -2.37. The molecule has 0 spiro atoms. The highest BCUT2D eigenvalue weighted by Crippen LogP contribution is 2.20.